The van der Waals surface area contributed by atoms with Crippen molar-refractivity contribution in [3.63, 3.8) is 0 Å². The molecular formula is C18H22Na2O4. The van der Waals surface area contributed by atoms with Crippen LogP contribution in [0.5, 0.6) is 23.0 Å². The quantitative estimate of drug-likeness (QED) is 0.415. The summed E-state index contributed by atoms with van der Waals surface area (Å²) in [6.07, 6.45) is 2.18. The standard InChI is InChI=1S/C10H14O2.C8H10O2.2Na/c1-2-3-8-12-10-6-4-9(11)5-7-10;1-2-10-8-5-3-4-7(9)6-8;;/h4-7,11H,2-3,8H2,1H3;3-6,9H,2H2,1H3;;/q;;2*+1/p-2. The molecule has 0 aliphatic carbocycles. The van der Waals surface area contributed by atoms with Gasteiger partial charge in [0.05, 0.1) is 13.2 Å². The summed E-state index contributed by atoms with van der Waals surface area (Å²) in [6, 6.07) is 12.9. The molecule has 4 nitrogen and oxygen atoms in total. The Labute approximate surface area is 188 Å². The first-order valence-corrected chi connectivity index (χ1v) is 7.45. The van der Waals surface area contributed by atoms with Crippen molar-refractivity contribution in [3.05, 3.63) is 48.5 Å². The van der Waals surface area contributed by atoms with E-state index in [9.17, 15) is 10.2 Å². The maximum Gasteiger partial charge on any atom is 1.00 e. The van der Waals surface area contributed by atoms with Crippen molar-refractivity contribution in [2.45, 2.75) is 26.7 Å². The van der Waals surface area contributed by atoms with Crippen molar-refractivity contribution in [2.24, 2.45) is 0 Å². The van der Waals surface area contributed by atoms with E-state index in [2.05, 4.69) is 6.92 Å². The van der Waals surface area contributed by atoms with Crippen molar-refractivity contribution in [2.75, 3.05) is 13.2 Å². The van der Waals surface area contributed by atoms with Crippen LogP contribution in [0.1, 0.15) is 26.7 Å². The fourth-order valence-electron chi connectivity index (χ4n) is 1.60. The molecule has 0 saturated carbocycles. The molecule has 24 heavy (non-hydrogen) atoms. The van der Waals surface area contributed by atoms with Crippen LogP contribution in [0.3, 0.4) is 0 Å². The number of unbranched alkanes of at least 4 members (excludes halogenated alkanes) is 1. The SMILES string of the molecule is CCCCOc1ccc([O-])cc1.CCOc1cccc([O-])c1.[Na+].[Na+]. The summed E-state index contributed by atoms with van der Waals surface area (Å²) in [5.74, 6) is 1.45. The molecule has 6 heteroatoms. The molecule has 0 aliphatic rings. The third-order valence-corrected chi connectivity index (χ3v) is 2.71. The summed E-state index contributed by atoms with van der Waals surface area (Å²) in [5.41, 5.74) is 0. The zero-order chi connectivity index (χ0) is 16.2. The van der Waals surface area contributed by atoms with Gasteiger partial charge in [0.1, 0.15) is 11.5 Å². The van der Waals surface area contributed by atoms with Crippen LogP contribution in [0.4, 0.5) is 0 Å². The Hall–Kier alpha value is -0.360. The Morgan fingerprint density at radius 3 is 2.00 bits per heavy atom. The second-order valence-corrected chi connectivity index (χ2v) is 4.58. The minimum Gasteiger partial charge on any atom is -0.872 e. The maximum atomic E-state index is 10.7. The van der Waals surface area contributed by atoms with E-state index in [-0.39, 0.29) is 70.6 Å². The number of hydrogen-bond acceptors (Lipinski definition) is 4. The second kappa shape index (κ2) is 16.1. The predicted molar refractivity (Wildman–Crippen MR) is 83.3 cm³/mol. The van der Waals surface area contributed by atoms with Gasteiger partial charge in [-0.15, -0.1) is 11.5 Å². The minimum absolute atomic E-state index is 0. The first-order valence-electron chi connectivity index (χ1n) is 7.45. The van der Waals surface area contributed by atoms with Crippen molar-refractivity contribution >= 4 is 0 Å². The van der Waals surface area contributed by atoms with Gasteiger partial charge in [0, 0.05) is 0 Å². The zero-order valence-electron chi connectivity index (χ0n) is 15.1. The van der Waals surface area contributed by atoms with Crippen LogP contribution in [-0.4, -0.2) is 13.2 Å². The third kappa shape index (κ3) is 12.1. The van der Waals surface area contributed by atoms with E-state index in [0.717, 1.165) is 25.2 Å². The van der Waals surface area contributed by atoms with Crippen LogP contribution in [0.25, 0.3) is 0 Å². The Morgan fingerprint density at radius 1 is 0.792 bits per heavy atom. The zero-order valence-corrected chi connectivity index (χ0v) is 19.1. The smallest absolute Gasteiger partial charge is 0.872 e. The molecule has 0 heterocycles. The average molecular weight is 348 g/mol. The molecule has 0 fully saturated rings. The van der Waals surface area contributed by atoms with E-state index in [1.54, 1.807) is 24.3 Å². The van der Waals surface area contributed by atoms with Gasteiger partial charge in [-0.2, -0.15) is 0 Å². The summed E-state index contributed by atoms with van der Waals surface area (Å²) in [6.45, 7) is 5.33. The van der Waals surface area contributed by atoms with Gasteiger partial charge in [-0.05, 0) is 37.6 Å². The Balaban J connectivity index is 0. The van der Waals surface area contributed by atoms with Crippen LogP contribution < -0.4 is 78.8 Å². The molecule has 0 saturated heterocycles. The van der Waals surface area contributed by atoms with E-state index in [1.165, 1.54) is 24.3 Å². The van der Waals surface area contributed by atoms with Gasteiger partial charge >= 0.3 is 59.1 Å². The van der Waals surface area contributed by atoms with Crippen LogP contribution in [0.2, 0.25) is 0 Å². The summed E-state index contributed by atoms with van der Waals surface area (Å²) in [7, 11) is 0. The van der Waals surface area contributed by atoms with Crippen molar-refractivity contribution < 1.29 is 78.8 Å². The fraction of sp³-hybridized carbons (Fsp3) is 0.333. The first kappa shape index (κ1) is 25.9. The molecule has 0 N–H and O–H groups in total. The molecule has 0 radical (unpaired) electrons. The Morgan fingerprint density at radius 2 is 1.46 bits per heavy atom. The van der Waals surface area contributed by atoms with Crippen LogP contribution in [0.15, 0.2) is 48.5 Å². The molecule has 2 rings (SSSR count). The van der Waals surface area contributed by atoms with Crippen molar-refractivity contribution in [3.8, 4) is 23.0 Å². The normalized spacial score (nSPS) is 8.75. The number of hydrogen-bond donors (Lipinski definition) is 0. The average Bonchev–Trinajstić information content (AvgIpc) is 2.51. The Kier molecular flexibility index (Phi) is 17.4. The second-order valence-electron chi connectivity index (χ2n) is 4.58. The van der Waals surface area contributed by atoms with Gasteiger partial charge in [-0.3, -0.25) is 0 Å². The molecule has 2 aromatic carbocycles. The van der Waals surface area contributed by atoms with Gasteiger partial charge in [-0.25, -0.2) is 0 Å². The molecule has 0 amide bonds. The molecule has 0 unspecified atom stereocenters. The topological polar surface area (TPSA) is 64.6 Å². The van der Waals surface area contributed by atoms with Gasteiger partial charge in [0.15, 0.2) is 0 Å². The summed E-state index contributed by atoms with van der Waals surface area (Å²) < 4.78 is 10.4. The fourth-order valence-corrected chi connectivity index (χ4v) is 1.60. The third-order valence-electron chi connectivity index (χ3n) is 2.71. The van der Waals surface area contributed by atoms with E-state index in [4.69, 9.17) is 9.47 Å². The Bertz CT molecular complexity index is 533. The van der Waals surface area contributed by atoms with E-state index >= 15 is 0 Å². The molecule has 120 valence electrons. The van der Waals surface area contributed by atoms with Gasteiger partial charge < -0.3 is 19.7 Å². The number of rotatable bonds is 6. The van der Waals surface area contributed by atoms with Crippen molar-refractivity contribution in [1.82, 2.24) is 0 Å². The van der Waals surface area contributed by atoms with Crippen molar-refractivity contribution in [1.29, 1.82) is 0 Å². The van der Waals surface area contributed by atoms with Gasteiger partial charge in [0.2, 0.25) is 0 Å². The number of ether oxygens (including phenoxy) is 2. The summed E-state index contributed by atoms with van der Waals surface area (Å²) in [5, 5.41) is 21.4. The molecule has 0 atom stereocenters. The van der Waals surface area contributed by atoms with Crippen LogP contribution >= 0.6 is 0 Å². The summed E-state index contributed by atoms with van der Waals surface area (Å²) in [4.78, 5) is 0. The number of benzene rings is 2. The van der Waals surface area contributed by atoms with E-state index in [0.29, 0.717) is 12.4 Å². The minimum atomic E-state index is -0.00838. The molecular weight excluding hydrogens is 326 g/mol. The van der Waals surface area contributed by atoms with Gasteiger partial charge in [-0.1, -0.05) is 37.6 Å². The first-order chi connectivity index (χ1) is 10.7. The molecule has 0 aromatic heterocycles. The maximum absolute atomic E-state index is 10.7. The van der Waals surface area contributed by atoms with E-state index in [1.807, 2.05) is 6.92 Å². The van der Waals surface area contributed by atoms with Gasteiger partial charge in [0.25, 0.3) is 0 Å². The molecule has 0 bridgehead atoms. The monoisotopic (exact) mass is 348 g/mol. The van der Waals surface area contributed by atoms with E-state index < -0.39 is 0 Å². The molecule has 2 aromatic rings. The largest absolute Gasteiger partial charge is 1.00 e. The predicted octanol–water partition coefficient (Wildman–Crippen LogP) is -2.89. The molecule has 0 spiro atoms. The summed E-state index contributed by atoms with van der Waals surface area (Å²) >= 11 is 0. The van der Waals surface area contributed by atoms with Crippen LogP contribution in [0, 0.1) is 0 Å². The molecule has 0 aliphatic heterocycles. The van der Waals surface area contributed by atoms with Crippen LogP contribution in [-0.2, 0) is 0 Å².